The molecule has 0 unspecified atom stereocenters. The molecule has 10 heteroatoms. The summed E-state index contributed by atoms with van der Waals surface area (Å²) in [6, 6.07) is 6.00. The Morgan fingerprint density at radius 1 is 1.26 bits per heavy atom. The first kappa shape index (κ1) is 22.1. The van der Waals surface area contributed by atoms with Crippen molar-refractivity contribution in [2.24, 2.45) is 0 Å². The van der Waals surface area contributed by atoms with E-state index in [4.69, 9.17) is 21.1 Å². The average Bonchev–Trinajstić information content (AvgIpc) is 3.45. The van der Waals surface area contributed by atoms with Gasteiger partial charge in [0.1, 0.15) is 6.04 Å². The van der Waals surface area contributed by atoms with E-state index in [2.05, 4.69) is 5.32 Å². The summed E-state index contributed by atoms with van der Waals surface area (Å²) >= 11 is 5.88. The second-order valence-electron chi connectivity index (χ2n) is 6.22. The van der Waals surface area contributed by atoms with E-state index in [-0.39, 0.29) is 49.9 Å². The van der Waals surface area contributed by atoms with Gasteiger partial charge in [-0.05, 0) is 17.7 Å². The first-order valence-electron chi connectivity index (χ1n) is 8.22. The van der Waals surface area contributed by atoms with Gasteiger partial charge < -0.3 is 26.2 Å². The van der Waals surface area contributed by atoms with Gasteiger partial charge in [0.25, 0.3) is 11.5 Å². The van der Waals surface area contributed by atoms with Crippen LogP contribution in [0.25, 0.3) is 0 Å². The average molecular weight is 407 g/mol. The van der Waals surface area contributed by atoms with Crippen LogP contribution in [0.2, 0.25) is 5.02 Å². The molecule has 0 aromatic heterocycles. The summed E-state index contributed by atoms with van der Waals surface area (Å²) in [4.78, 5) is 38.1. The molecule has 2 N–H and O–H groups in total. The van der Waals surface area contributed by atoms with Gasteiger partial charge in [-0.2, -0.15) is 0 Å². The number of carboxylic acids is 1. The minimum atomic E-state index is -1.89. The Bertz CT molecular complexity index is 710. The molecule has 2 aliphatic heterocycles. The molecule has 0 radical (unpaired) electrons. The van der Waals surface area contributed by atoms with Crippen LogP contribution in [-0.4, -0.2) is 72.3 Å². The number of carbonyl (C=O) groups excluding carboxylic acids is 2. The minimum Gasteiger partial charge on any atom is -1.00 e. The van der Waals surface area contributed by atoms with E-state index in [0.717, 1.165) is 5.56 Å². The maximum atomic E-state index is 12.9. The van der Waals surface area contributed by atoms with Crippen LogP contribution in [0.3, 0.4) is 0 Å². The molecule has 2 fully saturated rings. The number of hydrogen-bond acceptors (Lipinski definition) is 5. The van der Waals surface area contributed by atoms with Gasteiger partial charge in [0.15, 0.2) is 0 Å². The predicted molar refractivity (Wildman–Crippen MR) is 91.9 cm³/mol. The number of morpholine rings is 1. The summed E-state index contributed by atoms with van der Waals surface area (Å²) in [6.45, 7) is 1.50. The number of benzene rings is 1. The molecule has 2 aliphatic rings. The molecule has 2 atom stereocenters. The number of carbonyl (C=O) groups is 3. The molecule has 8 nitrogen and oxygen atoms in total. The molecular weight excluding hydrogens is 387 g/mol. The number of ether oxygens (including phenoxy) is 2. The number of halogens is 1. The molecule has 1 aromatic carbocycles. The first-order chi connectivity index (χ1) is 12.4. The number of nitrogens with one attached hydrogen (secondary N) is 1. The predicted octanol–water partition coefficient (Wildman–Crippen LogP) is -2.80. The molecule has 142 valence electrons. The summed E-state index contributed by atoms with van der Waals surface area (Å²) in [5.74, 6) is -2.46. The van der Waals surface area contributed by atoms with Gasteiger partial charge in [-0.1, -0.05) is 23.7 Å². The molecule has 0 spiro atoms. The van der Waals surface area contributed by atoms with E-state index in [1.165, 1.54) is 0 Å². The van der Waals surface area contributed by atoms with Crippen LogP contribution >= 0.6 is 11.6 Å². The molecule has 2 amide bonds. The Kier molecular flexibility index (Phi) is 7.67. The zero-order chi connectivity index (χ0) is 18.7. The maximum Gasteiger partial charge on any atom is 1.00 e. The molecule has 2 saturated heterocycles. The summed E-state index contributed by atoms with van der Waals surface area (Å²) in [7, 11) is 0. The van der Waals surface area contributed by atoms with Crippen molar-refractivity contribution in [1.29, 1.82) is 0 Å². The number of aliphatic carboxylic acids is 1. The third-order valence-corrected chi connectivity index (χ3v) is 4.68. The number of epoxide rings is 1. The van der Waals surface area contributed by atoms with Gasteiger partial charge in [0, 0.05) is 24.5 Å². The van der Waals surface area contributed by atoms with Gasteiger partial charge in [-0.3, -0.25) is 9.59 Å². The van der Waals surface area contributed by atoms with Crippen molar-refractivity contribution in [2.45, 2.75) is 18.1 Å². The Balaban J connectivity index is 0.00000196. The number of rotatable bonds is 6. The monoisotopic (exact) mass is 406 g/mol. The topological polar surface area (TPSA) is 108 Å². The van der Waals surface area contributed by atoms with Crippen LogP contribution in [0.4, 0.5) is 0 Å². The van der Waals surface area contributed by atoms with Crippen molar-refractivity contribution in [3.05, 3.63) is 34.9 Å². The van der Waals surface area contributed by atoms with Gasteiger partial charge in [-0.25, -0.2) is 4.79 Å². The fourth-order valence-corrected chi connectivity index (χ4v) is 2.89. The van der Waals surface area contributed by atoms with Crippen LogP contribution in [0.1, 0.15) is 6.99 Å². The van der Waals surface area contributed by atoms with Crippen LogP contribution in [0.5, 0.6) is 0 Å². The molecule has 27 heavy (non-hydrogen) atoms. The Morgan fingerprint density at radius 3 is 2.37 bits per heavy atom. The van der Waals surface area contributed by atoms with Crippen LogP contribution in [0.15, 0.2) is 24.3 Å². The number of carboxylic acid groups (broad SMARTS) is 1. The molecule has 0 aliphatic carbocycles. The van der Waals surface area contributed by atoms with Gasteiger partial charge in [-0.15, -0.1) is 0 Å². The smallest absolute Gasteiger partial charge is 1.00 e. The molecular formula is C17H20ClN2NaO6. The van der Waals surface area contributed by atoms with E-state index in [9.17, 15) is 19.5 Å². The number of nitrogens with zero attached hydrogens (tertiary/aromatic N) is 1. The molecule has 0 bridgehead atoms. The maximum absolute atomic E-state index is 12.9. The van der Waals surface area contributed by atoms with Crippen LogP contribution < -0.4 is 34.9 Å². The third-order valence-electron chi connectivity index (χ3n) is 4.42. The van der Waals surface area contributed by atoms with Gasteiger partial charge in [0.05, 0.1) is 19.8 Å². The van der Waals surface area contributed by atoms with Gasteiger partial charge >= 0.3 is 35.5 Å². The first-order valence-corrected chi connectivity index (χ1v) is 8.59. The van der Waals surface area contributed by atoms with Crippen molar-refractivity contribution in [3.63, 3.8) is 0 Å². The summed E-state index contributed by atoms with van der Waals surface area (Å²) < 4.78 is 10.1. The summed E-state index contributed by atoms with van der Waals surface area (Å²) in [5, 5.41) is 12.3. The van der Waals surface area contributed by atoms with E-state index < -0.39 is 23.5 Å². The largest absolute Gasteiger partial charge is 1.00 e. The minimum absolute atomic E-state index is 0. The van der Waals surface area contributed by atoms with Crippen molar-refractivity contribution in [1.82, 2.24) is 10.2 Å². The molecule has 0 saturated carbocycles. The van der Waals surface area contributed by atoms with E-state index in [0.29, 0.717) is 31.3 Å². The second-order valence-corrected chi connectivity index (χ2v) is 6.65. The van der Waals surface area contributed by atoms with E-state index in [1.54, 1.807) is 29.2 Å². The number of amides is 2. The van der Waals surface area contributed by atoms with E-state index in [1.807, 2.05) is 0 Å². The zero-order valence-electron chi connectivity index (χ0n) is 15.9. The molecule has 2 heterocycles. The summed E-state index contributed by atoms with van der Waals surface area (Å²) in [6.07, 6.45) is 0.217. The molecule has 3 rings (SSSR count). The Hall–Kier alpha value is -1.16. The zero-order valence-corrected chi connectivity index (χ0v) is 17.7. The molecule has 1 aromatic rings. The van der Waals surface area contributed by atoms with Crippen LogP contribution in [-0.2, 0) is 30.3 Å². The number of hydrogen-bond donors (Lipinski definition) is 2. The standard InChI is InChI=1S/C17H19ClN2O6.Na.H/c18-12-3-1-11(2-4-12)9-13(14(21)20-5-7-25-8-6-20)19-15(22)17(10-26-17)16(23)24;;/h1-4,13H,5-10H2,(H,19,22)(H,23,24);;/q;+1;-1/t13-,17-;;/m0../s1. The van der Waals surface area contributed by atoms with Crippen molar-refractivity contribution < 1.29 is 59.9 Å². The van der Waals surface area contributed by atoms with Crippen LogP contribution in [0, 0.1) is 0 Å². The SMILES string of the molecule is O=C([C@H](Cc1ccc(Cl)cc1)NC(=O)[C@]1(C(=O)O)CO1)N1CCOCC1.[H-].[Na+]. The Morgan fingerprint density at radius 2 is 1.85 bits per heavy atom. The third kappa shape index (κ3) is 5.22. The quantitative estimate of drug-likeness (QED) is 0.300. The second kappa shape index (κ2) is 9.36. The van der Waals surface area contributed by atoms with Crippen molar-refractivity contribution >= 4 is 29.4 Å². The van der Waals surface area contributed by atoms with Crippen molar-refractivity contribution in [2.75, 3.05) is 32.9 Å². The Labute approximate surface area is 184 Å². The fourth-order valence-electron chi connectivity index (χ4n) is 2.76. The normalized spacial score (nSPS) is 22.3. The fraction of sp³-hybridized carbons (Fsp3) is 0.471. The summed E-state index contributed by atoms with van der Waals surface area (Å²) in [5.41, 5.74) is -1.09. The van der Waals surface area contributed by atoms with Crippen molar-refractivity contribution in [3.8, 4) is 0 Å². The van der Waals surface area contributed by atoms with E-state index >= 15 is 0 Å². The van der Waals surface area contributed by atoms with Gasteiger partial charge in [0.2, 0.25) is 5.91 Å².